The second-order valence-electron chi connectivity index (χ2n) is 8.79. The summed E-state index contributed by atoms with van der Waals surface area (Å²) in [6.07, 6.45) is 0. The van der Waals surface area contributed by atoms with Crippen molar-refractivity contribution in [3.8, 4) is 0 Å². The van der Waals surface area contributed by atoms with Crippen molar-refractivity contribution in [3.63, 3.8) is 0 Å². The number of rotatable bonds is 6. The molecule has 1 nitrogen and oxygen atoms in total. The Bertz CT molecular complexity index is 1310. The number of fused-ring (bicyclic) bond motifs is 1. The molecule has 3 heteroatoms. The summed E-state index contributed by atoms with van der Waals surface area (Å²) in [6.45, 7) is 4.73. The SMILES string of the molecule is C[Si](O[Si](C)(c1ccccc1)c1cccc2ccccc12)(c1ccccc1)c1ccccc1. The highest BCUT2D eigenvalue weighted by Crippen LogP contribution is 2.21. The van der Waals surface area contributed by atoms with Crippen LogP contribution in [0.5, 0.6) is 0 Å². The predicted molar refractivity (Wildman–Crippen MR) is 146 cm³/mol. The number of hydrogen-bond acceptors (Lipinski definition) is 1. The fourth-order valence-corrected chi connectivity index (χ4v) is 14.3. The second-order valence-corrected chi connectivity index (χ2v) is 16.0. The zero-order chi connectivity index (χ0) is 22.7. The van der Waals surface area contributed by atoms with Crippen LogP contribution in [0.15, 0.2) is 133 Å². The van der Waals surface area contributed by atoms with Crippen molar-refractivity contribution in [2.24, 2.45) is 0 Å². The summed E-state index contributed by atoms with van der Waals surface area (Å²) >= 11 is 0. The Balaban J connectivity index is 1.77. The molecule has 0 spiro atoms. The molecule has 0 amide bonds. The van der Waals surface area contributed by atoms with Gasteiger partial charge < -0.3 is 4.12 Å². The third-order valence-electron chi connectivity index (χ3n) is 6.69. The summed E-state index contributed by atoms with van der Waals surface area (Å²) in [5.74, 6) is 0. The van der Waals surface area contributed by atoms with Gasteiger partial charge in [-0.2, -0.15) is 0 Å². The molecule has 0 aliphatic rings. The molecule has 0 saturated heterocycles. The van der Waals surface area contributed by atoms with E-state index in [2.05, 4.69) is 147 Å². The Morgan fingerprint density at radius 2 is 0.848 bits per heavy atom. The molecule has 0 aliphatic heterocycles. The van der Waals surface area contributed by atoms with Crippen molar-refractivity contribution < 1.29 is 4.12 Å². The predicted octanol–water partition coefficient (Wildman–Crippen LogP) is 4.94. The standard InChI is InChI=1S/C30H28OSi2/c1-32(26-17-6-3-7-18-26,27-19-8-4-9-20-27)31-33(2,28-21-10-5-11-22-28)30-24-14-16-25-15-12-13-23-29(25)30/h3-24H,1-2H3. The molecule has 5 aromatic carbocycles. The first kappa shape index (κ1) is 21.6. The summed E-state index contributed by atoms with van der Waals surface area (Å²) in [5, 5.41) is 7.77. The van der Waals surface area contributed by atoms with E-state index >= 15 is 0 Å². The van der Waals surface area contributed by atoms with E-state index < -0.39 is 16.6 Å². The van der Waals surface area contributed by atoms with Crippen molar-refractivity contribution in [1.29, 1.82) is 0 Å². The minimum absolute atomic E-state index is 1.26. The van der Waals surface area contributed by atoms with Crippen LogP contribution in [0.25, 0.3) is 10.8 Å². The van der Waals surface area contributed by atoms with Gasteiger partial charge in [-0.25, -0.2) is 0 Å². The molecule has 1 unspecified atom stereocenters. The minimum Gasteiger partial charge on any atom is -0.442 e. The quantitative estimate of drug-likeness (QED) is 0.326. The fourth-order valence-electron chi connectivity index (χ4n) is 4.87. The molecule has 0 fully saturated rings. The van der Waals surface area contributed by atoms with Crippen LogP contribution in [-0.4, -0.2) is 16.6 Å². The topological polar surface area (TPSA) is 9.23 Å². The smallest absolute Gasteiger partial charge is 0.242 e. The summed E-state index contributed by atoms with van der Waals surface area (Å²) in [7, 11) is -5.13. The van der Waals surface area contributed by atoms with Gasteiger partial charge in [-0.05, 0) is 44.6 Å². The van der Waals surface area contributed by atoms with Crippen LogP contribution in [0.1, 0.15) is 0 Å². The van der Waals surface area contributed by atoms with Gasteiger partial charge in [-0.1, -0.05) is 133 Å². The maximum atomic E-state index is 7.66. The number of benzene rings is 5. The van der Waals surface area contributed by atoms with E-state index in [4.69, 9.17) is 4.12 Å². The van der Waals surface area contributed by atoms with Crippen molar-refractivity contribution in [2.75, 3.05) is 0 Å². The van der Waals surface area contributed by atoms with Gasteiger partial charge >= 0.3 is 0 Å². The lowest BCUT2D eigenvalue weighted by molar-refractivity contribution is 0.587. The van der Waals surface area contributed by atoms with Gasteiger partial charge in [0.15, 0.2) is 0 Å². The van der Waals surface area contributed by atoms with Crippen molar-refractivity contribution in [3.05, 3.63) is 133 Å². The molecule has 0 heterocycles. The van der Waals surface area contributed by atoms with E-state index in [1.165, 1.54) is 31.5 Å². The number of hydrogen-bond donors (Lipinski definition) is 0. The lowest BCUT2D eigenvalue weighted by Gasteiger charge is -2.40. The van der Waals surface area contributed by atoms with Gasteiger partial charge in [0.25, 0.3) is 0 Å². The average Bonchev–Trinajstić information content (AvgIpc) is 2.90. The summed E-state index contributed by atoms with van der Waals surface area (Å²) in [4.78, 5) is 0. The highest BCUT2D eigenvalue weighted by Gasteiger charge is 2.45. The Morgan fingerprint density at radius 3 is 1.39 bits per heavy atom. The Kier molecular flexibility index (Phi) is 5.85. The molecule has 0 radical (unpaired) electrons. The zero-order valence-electron chi connectivity index (χ0n) is 19.1. The second kappa shape index (κ2) is 8.95. The molecule has 5 rings (SSSR count). The third-order valence-corrected chi connectivity index (χ3v) is 15.7. The first-order valence-corrected chi connectivity index (χ1v) is 16.3. The molecule has 1 atom stereocenters. The van der Waals surface area contributed by atoms with Crippen molar-refractivity contribution >= 4 is 48.2 Å². The monoisotopic (exact) mass is 460 g/mol. The minimum atomic E-state index is -2.61. The highest BCUT2D eigenvalue weighted by molar-refractivity contribution is 7.08. The molecule has 0 aromatic heterocycles. The Morgan fingerprint density at radius 1 is 0.424 bits per heavy atom. The van der Waals surface area contributed by atoms with E-state index in [1.54, 1.807) is 0 Å². The largest absolute Gasteiger partial charge is 0.442 e. The lowest BCUT2D eigenvalue weighted by atomic mass is 10.1. The lowest BCUT2D eigenvalue weighted by Crippen LogP contribution is -2.70. The third kappa shape index (κ3) is 4.00. The molecule has 0 saturated carbocycles. The molecular formula is C30H28OSi2. The highest BCUT2D eigenvalue weighted by atomic mass is 28.4. The van der Waals surface area contributed by atoms with Gasteiger partial charge in [0, 0.05) is 0 Å². The van der Waals surface area contributed by atoms with Crippen LogP contribution in [0.2, 0.25) is 13.1 Å². The molecule has 0 aliphatic carbocycles. The van der Waals surface area contributed by atoms with Crippen LogP contribution in [0.4, 0.5) is 0 Å². The first-order valence-electron chi connectivity index (χ1n) is 11.5. The fraction of sp³-hybridized carbons (Fsp3) is 0.0667. The van der Waals surface area contributed by atoms with Crippen molar-refractivity contribution in [1.82, 2.24) is 0 Å². The van der Waals surface area contributed by atoms with E-state index in [0.29, 0.717) is 0 Å². The molecule has 162 valence electrons. The Hall–Kier alpha value is -3.25. The van der Waals surface area contributed by atoms with Gasteiger partial charge in [-0.3, -0.25) is 0 Å². The van der Waals surface area contributed by atoms with E-state index in [0.717, 1.165) is 0 Å². The van der Waals surface area contributed by atoms with Gasteiger partial charge in [0.05, 0.1) is 0 Å². The van der Waals surface area contributed by atoms with Gasteiger partial charge in [0.1, 0.15) is 0 Å². The van der Waals surface area contributed by atoms with Crippen LogP contribution in [-0.2, 0) is 4.12 Å². The molecule has 0 bridgehead atoms. The molecule has 33 heavy (non-hydrogen) atoms. The van der Waals surface area contributed by atoms with Crippen LogP contribution in [0.3, 0.4) is 0 Å². The summed E-state index contributed by atoms with van der Waals surface area (Å²) in [5.41, 5.74) is 0. The Labute approximate surface area is 198 Å². The van der Waals surface area contributed by atoms with Crippen molar-refractivity contribution in [2.45, 2.75) is 13.1 Å². The van der Waals surface area contributed by atoms with E-state index in [-0.39, 0.29) is 0 Å². The van der Waals surface area contributed by atoms with Crippen LogP contribution < -0.4 is 20.7 Å². The summed E-state index contributed by atoms with van der Waals surface area (Å²) < 4.78 is 7.66. The molecule has 0 N–H and O–H groups in total. The van der Waals surface area contributed by atoms with Crippen LogP contribution in [0, 0.1) is 0 Å². The van der Waals surface area contributed by atoms with Crippen LogP contribution >= 0.6 is 0 Å². The zero-order valence-corrected chi connectivity index (χ0v) is 21.1. The first-order chi connectivity index (χ1) is 16.1. The van der Waals surface area contributed by atoms with E-state index in [1.807, 2.05) is 0 Å². The maximum absolute atomic E-state index is 7.66. The summed E-state index contributed by atoms with van der Waals surface area (Å²) in [6, 6.07) is 47.9. The molecule has 5 aromatic rings. The van der Waals surface area contributed by atoms with E-state index in [9.17, 15) is 0 Å². The van der Waals surface area contributed by atoms with Gasteiger partial charge in [0.2, 0.25) is 16.6 Å². The average molecular weight is 461 g/mol. The maximum Gasteiger partial charge on any atom is 0.242 e. The van der Waals surface area contributed by atoms with Gasteiger partial charge in [-0.15, -0.1) is 0 Å². The normalized spacial score (nSPS) is 13.5. The molecular weight excluding hydrogens is 433 g/mol.